The first-order chi connectivity index (χ1) is 9.16. The van der Waals surface area contributed by atoms with Gasteiger partial charge in [0.05, 0.1) is 12.6 Å². The lowest BCUT2D eigenvalue weighted by molar-refractivity contribution is -0.127. The van der Waals surface area contributed by atoms with Crippen molar-refractivity contribution in [1.29, 1.82) is 0 Å². The predicted molar refractivity (Wildman–Crippen MR) is 70.5 cm³/mol. The molecule has 0 unspecified atom stereocenters. The molecule has 0 saturated heterocycles. The summed E-state index contributed by atoms with van der Waals surface area (Å²) in [5.74, 6) is 0.675. The van der Waals surface area contributed by atoms with Crippen molar-refractivity contribution in [2.75, 3.05) is 6.61 Å². The highest BCUT2D eigenvalue weighted by molar-refractivity contribution is 5.77. The van der Waals surface area contributed by atoms with E-state index in [0.29, 0.717) is 6.54 Å². The Balaban J connectivity index is 1.72. The van der Waals surface area contributed by atoms with E-state index in [1.54, 1.807) is 6.33 Å². The molecule has 1 aromatic heterocycles. The summed E-state index contributed by atoms with van der Waals surface area (Å²) in [6.07, 6.45) is 6.53. The van der Waals surface area contributed by atoms with Crippen LogP contribution in [0, 0.1) is 0 Å². The molecular weight excluding hydrogens is 244 g/mol. The highest BCUT2D eigenvalue weighted by atomic mass is 16.5. The summed E-state index contributed by atoms with van der Waals surface area (Å²) in [7, 11) is 0. The van der Waals surface area contributed by atoms with Gasteiger partial charge in [-0.25, -0.2) is 0 Å². The fourth-order valence-electron chi connectivity index (χ4n) is 2.30. The zero-order valence-electron chi connectivity index (χ0n) is 11.6. The van der Waals surface area contributed by atoms with Gasteiger partial charge < -0.3 is 14.6 Å². The summed E-state index contributed by atoms with van der Waals surface area (Å²) in [4.78, 5) is 11.7. The number of ether oxygens (including phenoxy) is 1. The van der Waals surface area contributed by atoms with E-state index in [1.807, 2.05) is 4.57 Å². The smallest absolute Gasteiger partial charge is 0.246 e. The second kappa shape index (κ2) is 6.65. The Bertz CT molecular complexity index is 411. The zero-order valence-corrected chi connectivity index (χ0v) is 11.6. The first-order valence-electron chi connectivity index (χ1n) is 6.93. The Morgan fingerprint density at radius 2 is 2.26 bits per heavy atom. The highest BCUT2D eigenvalue weighted by Gasteiger charge is 2.16. The van der Waals surface area contributed by atoms with Gasteiger partial charge in [0, 0.05) is 6.04 Å². The number of aromatic nitrogens is 3. The molecule has 1 aromatic rings. The molecule has 1 heterocycles. The standard InChI is InChI=1S/C13H22N4O2/c1-10(2)17-9-15-16-12(17)7-14-13(18)8-19-11-5-3-4-6-11/h9-11H,3-8H2,1-2H3,(H,14,18). The molecule has 0 bridgehead atoms. The molecule has 1 fully saturated rings. The van der Waals surface area contributed by atoms with Crippen molar-refractivity contribution < 1.29 is 9.53 Å². The molecule has 1 aliphatic rings. The summed E-state index contributed by atoms with van der Waals surface area (Å²) in [5.41, 5.74) is 0. The number of carbonyl (C=O) groups is 1. The largest absolute Gasteiger partial charge is 0.368 e. The average Bonchev–Trinajstić information content (AvgIpc) is 3.04. The summed E-state index contributed by atoms with van der Waals surface area (Å²) < 4.78 is 7.50. The third-order valence-electron chi connectivity index (χ3n) is 3.40. The summed E-state index contributed by atoms with van der Waals surface area (Å²) >= 11 is 0. The van der Waals surface area contributed by atoms with Crippen LogP contribution in [0.3, 0.4) is 0 Å². The maximum Gasteiger partial charge on any atom is 0.246 e. The number of nitrogens with one attached hydrogen (secondary N) is 1. The van der Waals surface area contributed by atoms with Crippen LogP contribution in [0.25, 0.3) is 0 Å². The monoisotopic (exact) mass is 266 g/mol. The van der Waals surface area contributed by atoms with E-state index in [1.165, 1.54) is 12.8 Å². The molecule has 19 heavy (non-hydrogen) atoms. The summed E-state index contributed by atoms with van der Waals surface area (Å²) in [6, 6.07) is 0.289. The lowest BCUT2D eigenvalue weighted by Gasteiger charge is -2.12. The molecule has 0 radical (unpaired) electrons. The van der Waals surface area contributed by atoms with Gasteiger partial charge in [-0.1, -0.05) is 12.8 Å². The normalized spacial score (nSPS) is 16.2. The second-order valence-corrected chi connectivity index (χ2v) is 5.24. The van der Waals surface area contributed by atoms with Crippen molar-refractivity contribution in [3.05, 3.63) is 12.2 Å². The molecule has 1 aliphatic carbocycles. The first kappa shape index (κ1) is 14.0. The fourth-order valence-corrected chi connectivity index (χ4v) is 2.30. The van der Waals surface area contributed by atoms with E-state index < -0.39 is 0 Å². The molecular formula is C13H22N4O2. The Hall–Kier alpha value is -1.43. The second-order valence-electron chi connectivity index (χ2n) is 5.24. The van der Waals surface area contributed by atoms with Crippen molar-refractivity contribution in [3.63, 3.8) is 0 Å². The van der Waals surface area contributed by atoms with Crippen LogP contribution in [0.15, 0.2) is 6.33 Å². The van der Waals surface area contributed by atoms with E-state index in [4.69, 9.17) is 4.74 Å². The Labute approximate surface area is 113 Å². The van der Waals surface area contributed by atoms with Crippen LogP contribution >= 0.6 is 0 Å². The van der Waals surface area contributed by atoms with Crippen LogP contribution in [0.5, 0.6) is 0 Å². The molecule has 0 atom stereocenters. The van der Waals surface area contributed by atoms with Gasteiger partial charge in [0.25, 0.3) is 0 Å². The lowest BCUT2D eigenvalue weighted by atomic mass is 10.3. The van der Waals surface area contributed by atoms with Crippen LogP contribution < -0.4 is 5.32 Å². The molecule has 2 rings (SSSR count). The number of rotatable bonds is 6. The van der Waals surface area contributed by atoms with E-state index in [9.17, 15) is 4.79 Å². The summed E-state index contributed by atoms with van der Waals surface area (Å²) in [6.45, 7) is 4.64. The van der Waals surface area contributed by atoms with Crippen LogP contribution in [-0.4, -0.2) is 33.4 Å². The maximum atomic E-state index is 11.7. The minimum Gasteiger partial charge on any atom is -0.368 e. The van der Waals surface area contributed by atoms with Crippen molar-refractivity contribution in [2.45, 2.75) is 58.2 Å². The molecule has 6 heteroatoms. The maximum absolute atomic E-state index is 11.7. The van der Waals surface area contributed by atoms with Crippen molar-refractivity contribution >= 4 is 5.91 Å². The number of nitrogens with zero attached hydrogens (tertiary/aromatic N) is 3. The van der Waals surface area contributed by atoms with Crippen molar-refractivity contribution in [3.8, 4) is 0 Å². The number of hydrogen-bond donors (Lipinski definition) is 1. The van der Waals surface area contributed by atoms with Gasteiger partial charge in [-0.05, 0) is 26.7 Å². The highest BCUT2D eigenvalue weighted by Crippen LogP contribution is 2.20. The SMILES string of the molecule is CC(C)n1cnnc1CNC(=O)COC1CCCC1. The lowest BCUT2D eigenvalue weighted by Crippen LogP contribution is -2.30. The van der Waals surface area contributed by atoms with Gasteiger partial charge in [0.2, 0.25) is 5.91 Å². The molecule has 1 N–H and O–H groups in total. The average molecular weight is 266 g/mol. The molecule has 0 aromatic carbocycles. The molecule has 1 amide bonds. The van der Waals surface area contributed by atoms with Crippen LogP contribution in [0.2, 0.25) is 0 Å². The Morgan fingerprint density at radius 3 is 2.95 bits per heavy atom. The molecule has 6 nitrogen and oxygen atoms in total. The van der Waals surface area contributed by atoms with E-state index in [-0.39, 0.29) is 24.7 Å². The van der Waals surface area contributed by atoms with E-state index in [0.717, 1.165) is 18.7 Å². The molecule has 106 valence electrons. The minimum atomic E-state index is -0.0924. The Morgan fingerprint density at radius 1 is 1.53 bits per heavy atom. The molecule has 0 spiro atoms. The molecule has 1 saturated carbocycles. The van der Waals surface area contributed by atoms with Crippen molar-refractivity contribution in [1.82, 2.24) is 20.1 Å². The number of hydrogen-bond acceptors (Lipinski definition) is 4. The Kier molecular flexibility index (Phi) is 4.90. The predicted octanol–water partition coefficient (Wildman–Crippen LogP) is 1.43. The molecule has 0 aliphatic heterocycles. The van der Waals surface area contributed by atoms with Crippen molar-refractivity contribution in [2.24, 2.45) is 0 Å². The van der Waals surface area contributed by atoms with Gasteiger partial charge >= 0.3 is 0 Å². The number of carbonyl (C=O) groups excluding carboxylic acids is 1. The van der Waals surface area contributed by atoms with E-state index >= 15 is 0 Å². The van der Waals surface area contributed by atoms with Gasteiger partial charge in [-0.15, -0.1) is 10.2 Å². The van der Waals surface area contributed by atoms with Gasteiger partial charge in [-0.3, -0.25) is 4.79 Å². The van der Waals surface area contributed by atoms with Gasteiger partial charge in [0.1, 0.15) is 12.9 Å². The van der Waals surface area contributed by atoms with Gasteiger partial charge in [0.15, 0.2) is 5.82 Å². The van der Waals surface area contributed by atoms with Crippen LogP contribution in [0.4, 0.5) is 0 Å². The minimum absolute atomic E-state index is 0.0924. The fraction of sp³-hybridized carbons (Fsp3) is 0.769. The topological polar surface area (TPSA) is 69.0 Å². The van der Waals surface area contributed by atoms with Crippen LogP contribution in [0.1, 0.15) is 51.4 Å². The quantitative estimate of drug-likeness (QED) is 0.845. The number of amides is 1. The van der Waals surface area contributed by atoms with Gasteiger partial charge in [-0.2, -0.15) is 0 Å². The summed E-state index contributed by atoms with van der Waals surface area (Å²) in [5, 5.41) is 10.7. The first-order valence-corrected chi connectivity index (χ1v) is 6.93. The van der Waals surface area contributed by atoms with E-state index in [2.05, 4.69) is 29.4 Å². The zero-order chi connectivity index (χ0) is 13.7. The third-order valence-corrected chi connectivity index (χ3v) is 3.40. The van der Waals surface area contributed by atoms with Crippen LogP contribution in [-0.2, 0) is 16.1 Å². The third kappa shape index (κ3) is 4.02.